The number of nitrogens with zero attached hydrogens (tertiary/aromatic N) is 1. The number of benzene rings is 1. The second-order valence-electron chi connectivity index (χ2n) is 5.17. The number of ether oxygens (including phenoxy) is 2. The maximum absolute atomic E-state index is 10.9. The fourth-order valence-electron chi connectivity index (χ4n) is 2.19. The number of aromatic carboxylic acids is 1. The van der Waals surface area contributed by atoms with E-state index in [0.717, 1.165) is 17.0 Å². The third kappa shape index (κ3) is 1.89. The smallest absolute Gasteiger partial charge is 0.356 e. The van der Waals surface area contributed by atoms with Crippen molar-refractivity contribution >= 4 is 5.97 Å². The Labute approximate surface area is 115 Å². The predicted molar refractivity (Wildman–Crippen MR) is 70.2 cm³/mol. The Morgan fingerprint density at radius 1 is 1.30 bits per heavy atom. The van der Waals surface area contributed by atoms with Gasteiger partial charge in [-0.25, -0.2) is 4.79 Å². The Morgan fingerprint density at radius 3 is 2.75 bits per heavy atom. The van der Waals surface area contributed by atoms with Gasteiger partial charge in [-0.2, -0.15) is 5.10 Å². The minimum atomic E-state index is -1.05. The van der Waals surface area contributed by atoms with E-state index in [1.807, 2.05) is 32.0 Å². The molecule has 1 aliphatic heterocycles. The zero-order valence-electron chi connectivity index (χ0n) is 11.1. The minimum absolute atomic E-state index is 0.00817. The number of H-pyrrole nitrogens is 1. The van der Waals surface area contributed by atoms with E-state index in [1.165, 1.54) is 0 Å². The highest BCUT2D eigenvalue weighted by molar-refractivity contribution is 5.85. The molecule has 0 amide bonds. The molecular weight excluding hydrogens is 260 g/mol. The lowest BCUT2D eigenvalue weighted by molar-refractivity contribution is 0.0690. The molecule has 0 radical (unpaired) electrons. The molecule has 2 N–H and O–H groups in total. The van der Waals surface area contributed by atoms with E-state index in [2.05, 4.69) is 10.2 Å². The highest BCUT2D eigenvalue weighted by Crippen LogP contribution is 2.38. The highest BCUT2D eigenvalue weighted by Gasteiger charge is 2.28. The van der Waals surface area contributed by atoms with Crippen molar-refractivity contribution in [3.8, 4) is 11.5 Å². The first-order chi connectivity index (χ1) is 9.48. The number of carbonyl (C=O) groups is 1. The summed E-state index contributed by atoms with van der Waals surface area (Å²) in [5, 5.41) is 15.5. The van der Waals surface area contributed by atoms with Crippen LogP contribution < -0.4 is 9.47 Å². The number of aromatic nitrogens is 2. The van der Waals surface area contributed by atoms with Gasteiger partial charge >= 0.3 is 5.97 Å². The van der Waals surface area contributed by atoms with E-state index in [4.69, 9.17) is 14.6 Å². The molecule has 0 saturated carbocycles. The monoisotopic (exact) mass is 274 g/mol. The standard InChI is InChI=1S/C14H14N2O4/c1-14(2,12-6-9(13(17)18)15-16-12)8-3-4-10-11(5-8)20-7-19-10/h3-6H,7H2,1-2H3,(H,15,16)(H,17,18). The van der Waals surface area contributed by atoms with Crippen LogP contribution in [0, 0.1) is 0 Å². The molecule has 1 aliphatic rings. The van der Waals surface area contributed by atoms with Gasteiger partial charge in [0, 0.05) is 11.1 Å². The van der Waals surface area contributed by atoms with Crippen molar-refractivity contribution in [1.29, 1.82) is 0 Å². The van der Waals surface area contributed by atoms with Gasteiger partial charge in [0.25, 0.3) is 0 Å². The van der Waals surface area contributed by atoms with Gasteiger partial charge in [0.15, 0.2) is 17.2 Å². The third-order valence-corrected chi connectivity index (χ3v) is 3.56. The molecule has 104 valence electrons. The quantitative estimate of drug-likeness (QED) is 0.896. The summed E-state index contributed by atoms with van der Waals surface area (Å²) in [6, 6.07) is 7.25. The molecule has 20 heavy (non-hydrogen) atoms. The van der Waals surface area contributed by atoms with Crippen LogP contribution in [0.1, 0.15) is 35.6 Å². The first kappa shape index (κ1) is 12.5. The van der Waals surface area contributed by atoms with Gasteiger partial charge in [-0.1, -0.05) is 19.9 Å². The maximum atomic E-state index is 10.9. The van der Waals surface area contributed by atoms with Crippen molar-refractivity contribution in [3.05, 3.63) is 41.2 Å². The first-order valence-electron chi connectivity index (χ1n) is 6.18. The summed E-state index contributed by atoms with van der Waals surface area (Å²) < 4.78 is 10.7. The average Bonchev–Trinajstić information content (AvgIpc) is 3.07. The number of fused-ring (bicyclic) bond motifs is 1. The molecule has 0 saturated heterocycles. The second-order valence-corrected chi connectivity index (χ2v) is 5.17. The molecule has 0 aliphatic carbocycles. The van der Waals surface area contributed by atoms with Gasteiger partial charge in [0.1, 0.15) is 0 Å². The Balaban J connectivity index is 2.00. The van der Waals surface area contributed by atoms with E-state index >= 15 is 0 Å². The molecule has 6 nitrogen and oxygen atoms in total. The van der Waals surface area contributed by atoms with Gasteiger partial charge in [-0.3, -0.25) is 5.10 Å². The van der Waals surface area contributed by atoms with Crippen LogP contribution in [0.5, 0.6) is 11.5 Å². The van der Waals surface area contributed by atoms with Crippen molar-refractivity contribution in [2.75, 3.05) is 6.79 Å². The van der Waals surface area contributed by atoms with E-state index in [1.54, 1.807) is 6.07 Å². The number of carboxylic acids is 1. The molecule has 0 unspecified atom stereocenters. The zero-order chi connectivity index (χ0) is 14.3. The number of hydrogen-bond acceptors (Lipinski definition) is 4. The molecular formula is C14H14N2O4. The van der Waals surface area contributed by atoms with Crippen molar-refractivity contribution in [2.45, 2.75) is 19.3 Å². The Morgan fingerprint density at radius 2 is 2.05 bits per heavy atom. The van der Waals surface area contributed by atoms with Crippen LogP contribution in [0.4, 0.5) is 0 Å². The van der Waals surface area contributed by atoms with E-state index in [-0.39, 0.29) is 12.5 Å². The van der Waals surface area contributed by atoms with Crippen molar-refractivity contribution < 1.29 is 19.4 Å². The highest BCUT2D eigenvalue weighted by atomic mass is 16.7. The van der Waals surface area contributed by atoms with Crippen molar-refractivity contribution in [2.24, 2.45) is 0 Å². The average molecular weight is 274 g/mol. The minimum Gasteiger partial charge on any atom is -0.476 e. The van der Waals surface area contributed by atoms with Crippen LogP contribution in [-0.2, 0) is 5.41 Å². The summed E-state index contributed by atoms with van der Waals surface area (Å²) in [6.45, 7) is 4.21. The number of carboxylic acid groups (broad SMARTS) is 1. The summed E-state index contributed by atoms with van der Waals surface area (Å²) in [7, 11) is 0. The molecule has 2 heterocycles. The van der Waals surface area contributed by atoms with Crippen LogP contribution >= 0.6 is 0 Å². The Bertz CT molecular complexity index is 676. The van der Waals surface area contributed by atoms with Gasteiger partial charge < -0.3 is 14.6 Å². The molecule has 0 atom stereocenters. The fraction of sp³-hybridized carbons (Fsp3) is 0.286. The summed E-state index contributed by atoms with van der Waals surface area (Å²) in [4.78, 5) is 10.9. The molecule has 6 heteroatoms. The molecule has 1 aromatic heterocycles. The maximum Gasteiger partial charge on any atom is 0.356 e. The summed E-state index contributed by atoms with van der Waals surface area (Å²) in [6.07, 6.45) is 0. The number of rotatable bonds is 3. The molecule has 0 spiro atoms. The van der Waals surface area contributed by atoms with Crippen LogP contribution in [0.25, 0.3) is 0 Å². The second kappa shape index (κ2) is 4.26. The fourth-order valence-corrected chi connectivity index (χ4v) is 2.19. The lowest BCUT2D eigenvalue weighted by Gasteiger charge is -2.23. The summed E-state index contributed by atoms with van der Waals surface area (Å²) in [5.41, 5.74) is 1.31. The summed E-state index contributed by atoms with van der Waals surface area (Å²) in [5.74, 6) is 0.378. The van der Waals surface area contributed by atoms with Gasteiger partial charge in [-0.15, -0.1) is 0 Å². The third-order valence-electron chi connectivity index (χ3n) is 3.56. The van der Waals surface area contributed by atoms with E-state index in [0.29, 0.717) is 5.75 Å². The first-order valence-corrected chi connectivity index (χ1v) is 6.18. The molecule has 1 aromatic carbocycles. The number of aromatic amines is 1. The lowest BCUT2D eigenvalue weighted by atomic mass is 9.81. The lowest BCUT2D eigenvalue weighted by Crippen LogP contribution is -2.19. The van der Waals surface area contributed by atoms with Crippen molar-refractivity contribution in [3.63, 3.8) is 0 Å². The van der Waals surface area contributed by atoms with Gasteiger partial charge in [0.2, 0.25) is 6.79 Å². The topological polar surface area (TPSA) is 84.4 Å². The van der Waals surface area contributed by atoms with Gasteiger partial charge in [0.05, 0.1) is 0 Å². The molecule has 2 aromatic rings. The van der Waals surface area contributed by atoms with Crippen LogP contribution in [0.3, 0.4) is 0 Å². The molecule has 3 rings (SSSR count). The van der Waals surface area contributed by atoms with Crippen molar-refractivity contribution in [1.82, 2.24) is 10.2 Å². The van der Waals surface area contributed by atoms with E-state index < -0.39 is 11.4 Å². The van der Waals surface area contributed by atoms with Crippen LogP contribution in [0.15, 0.2) is 24.3 Å². The van der Waals surface area contributed by atoms with E-state index in [9.17, 15) is 4.79 Å². The Hall–Kier alpha value is -2.50. The van der Waals surface area contributed by atoms with Crippen LogP contribution in [-0.4, -0.2) is 28.1 Å². The molecule has 0 fully saturated rings. The largest absolute Gasteiger partial charge is 0.476 e. The SMILES string of the molecule is CC(C)(c1ccc2c(c1)OCO2)c1cc(C(=O)O)n[nH]1. The zero-order valence-corrected chi connectivity index (χ0v) is 11.1. The van der Waals surface area contributed by atoms with Gasteiger partial charge in [-0.05, 0) is 23.8 Å². The number of nitrogens with one attached hydrogen (secondary N) is 1. The predicted octanol–water partition coefficient (Wildman–Crippen LogP) is 2.16. The van der Waals surface area contributed by atoms with Crippen LogP contribution in [0.2, 0.25) is 0 Å². The number of hydrogen-bond donors (Lipinski definition) is 2. The Kier molecular flexibility index (Phi) is 2.67. The normalized spacial score (nSPS) is 13.5. The molecule has 0 bridgehead atoms. The summed E-state index contributed by atoms with van der Waals surface area (Å²) >= 11 is 0.